The Morgan fingerprint density at radius 3 is 2.41 bits per heavy atom. The number of hydrogen-bond acceptors (Lipinski definition) is 7. The zero-order chi connectivity index (χ0) is 26.5. The molecule has 1 heterocycles. The quantitative estimate of drug-likeness (QED) is 0.284. The largest absolute Gasteiger partial charge is 0.493 e. The van der Waals surface area contributed by atoms with Crippen LogP contribution in [0.25, 0.3) is 22.2 Å². The third-order valence-corrected chi connectivity index (χ3v) is 5.94. The van der Waals surface area contributed by atoms with E-state index in [-0.39, 0.29) is 11.5 Å². The van der Waals surface area contributed by atoms with Crippen LogP contribution in [-0.4, -0.2) is 48.2 Å². The van der Waals surface area contributed by atoms with E-state index in [9.17, 15) is 14.7 Å². The summed E-state index contributed by atoms with van der Waals surface area (Å²) in [5.41, 5.74) is 3.89. The smallest absolute Gasteiger partial charge is 0.335 e. The van der Waals surface area contributed by atoms with E-state index in [4.69, 9.17) is 9.47 Å². The number of nitrogens with one attached hydrogen (secondary N) is 2. The molecule has 9 heteroatoms. The van der Waals surface area contributed by atoms with Crippen molar-refractivity contribution in [3.05, 3.63) is 71.3 Å². The van der Waals surface area contributed by atoms with E-state index in [0.29, 0.717) is 51.9 Å². The summed E-state index contributed by atoms with van der Waals surface area (Å²) >= 11 is 0. The number of carboxylic acids is 1. The maximum atomic E-state index is 13.0. The molecule has 0 atom stereocenters. The molecule has 37 heavy (non-hydrogen) atoms. The monoisotopic (exact) mass is 500 g/mol. The predicted octanol–water partition coefficient (Wildman–Crippen LogP) is 5.26. The van der Waals surface area contributed by atoms with Gasteiger partial charge < -0.3 is 25.2 Å². The highest BCUT2D eigenvalue weighted by Gasteiger charge is 2.17. The molecule has 0 aliphatic heterocycles. The van der Waals surface area contributed by atoms with E-state index in [2.05, 4.69) is 20.6 Å². The van der Waals surface area contributed by atoms with Gasteiger partial charge in [-0.25, -0.2) is 14.8 Å². The standard InChI is InChI=1S/C28H28N4O5/c1-5-7-16-12-18(10-11-20(16)27(34)35)26(33)30-19-9-6-8-17(13-19)25-21-14-23(36-3)24(37-4)15-22(21)31-28(29-2)32-25/h6,8-15H,5,7H2,1-4H3,(H,30,33)(H,34,35)(H,29,31,32). The van der Waals surface area contributed by atoms with Gasteiger partial charge in [0.1, 0.15) is 0 Å². The van der Waals surface area contributed by atoms with Crippen molar-refractivity contribution >= 4 is 34.4 Å². The molecule has 3 N–H and O–H groups in total. The van der Waals surface area contributed by atoms with Crippen molar-refractivity contribution in [2.75, 3.05) is 31.9 Å². The summed E-state index contributed by atoms with van der Waals surface area (Å²) in [6, 6.07) is 15.6. The van der Waals surface area contributed by atoms with Crippen LogP contribution in [0.2, 0.25) is 0 Å². The number of methoxy groups -OCH3 is 2. The highest BCUT2D eigenvalue weighted by atomic mass is 16.5. The van der Waals surface area contributed by atoms with E-state index in [1.165, 1.54) is 12.1 Å². The summed E-state index contributed by atoms with van der Waals surface area (Å²) in [4.78, 5) is 33.8. The molecule has 0 saturated heterocycles. The molecule has 0 aliphatic rings. The molecule has 1 aromatic heterocycles. The molecular formula is C28H28N4O5. The highest BCUT2D eigenvalue weighted by Crippen LogP contribution is 2.36. The van der Waals surface area contributed by atoms with Crippen molar-refractivity contribution in [1.29, 1.82) is 0 Å². The van der Waals surface area contributed by atoms with Crippen LogP contribution >= 0.6 is 0 Å². The number of benzene rings is 3. The first-order valence-electron chi connectivity index (χ1n) is 11.8. The molecule has 0 radical (unpaired) electrons. The minimum absolute atomic E-state index is 0.212. The molecule has 9 nitrogen and oxygen atoms in total. The lowest BCUT2D eigenvalue weighted by atomic mass is 9.99. The molecule has 4 aromatic rings. The lowest BCUT2D eigenvalue weighted by Crippen LogP contribution is -2.13. The van der Waals surface area contributed by atoms with Gasteiger partial charge in [0.15, 0.2) is 11.5 Å². The van der Waals surface area contributed by atoms with Crippen molar-refractivity contribution in [2.24, 2.45) is 0 Å². The zero-order valence-electron chi connectivity index (χ0n) is 21.1. The van der Waals surface area contributed by atoms with Crippen molar-refractivity contribution in [3.63, 3.8) is 0 Å². The molecule has 3 aromatic carbocycles. The maximum absolute atomic E-state index is 13.0. The third-order valence-electron chi connectivity index (χ3n) is 5.94. The number of carboxylic acid groups (broad SMARTS) is 1. The second-order valence-electron chi connectivity index (χ2n) is 8.33. The zero-order valence-corrected chi connectivity index (χ0v) is 21.1. The molecule has 190 valence electrons. The fourth-order valence-corrected chi connectivity index (χ4v) is 4.15. The highest BCUT2D eigenvalue weighted by molar-refractivity contribution is 6.05. The molecule has 0 unspecified atom stereocenters. The van der Waals surface area contributed by atoms with Gasteiger partial charge in [0.25, 0.3) is 5.91 Å². The first kappa shape index (κ1) is 25.4. The molecule has 0 saturated carbocycles. The van der Waals surface area contributed by atoms with Gasteiger partial charge in [-0.2, -0.15) is 0 Å². The number of amides is 1. The maximum Gasteiger partial charge on any atom is 0.335 e. The lowest BCUT2D eigenvalue weighted by Gasteiger charge is -2.14. The van der Waals surface area contributed by atoms with E-state index >= 15 is 0 Å². The second-order valence-corrected chi connectivity index (χ2v) is 8.33. The number of aromatic nitrogens is 2. The molecule has 0 aliphatic carbocycles. The Balaban J connectivity index is 1.72. The molecule has 4 rings (SSSR count). The number of aryl methyl sites for hydroxylation is 1. The Morgan fingerprint density at radius 1 is 0.973 bits per heavy atom. The number of anilines is 2. The van der Waals surface area contributed by atoms with Crippen LogP contribution in [0.3, 0.4) is 0 Å². The van der Waals surface area contributed by atoms with Gasteiger partial charge >= 0.3 is 5.97 Å². The van der Waals surface area contributed by atoms with Gasteiger partial charge in [0, 0.05) is 35.3 Å². The number of ether oxygens (including phenoxy) is 2. The third kappa shape index (κ3) is 5.30. The summed E-state index contributed by atoms with van der Waals surface area (Å²) in [6.45, 7) is 1.96. The minimum atomic E-state index is -1.00. The van der Waals surface area contributed by atoms with E-state index < -0.39 is 5.97 Å². The van der Waals surface area contributed by atoms with Crippen LogP contribution in [-0.2, 0) is 6.42 Å². The summed E-state index contributed by atoms with van der Waals surface area (Å²) in [6.07, 6.45) is 1.34. The van der Waals surface area contributed by atoms with E-state index in [1.807, 2.05) is 31.2 Å². The SMILES string of the molecule is CCCc1cc(C(=O)Nc2cccc(-c3nc(NC)nc4cc(OC)c(OC)cc34)c2)ccc1C(=O)O. The average Bonchev–Trinajstić information content (AvgIpc) is 2.91. The van der Waals surface area contributed by atoms with Crippen molar-refractivity contribution in [1.82, 2.24) is 9.97 Å². The fraction of sp³-hybridized carbons (Fsp3) is 0.214. The second kappa shape index (κ2) is 10.9. The van der Waals surface area contributed by atoms with Gasteiger partial charge in [0.05, 0.1) is 31.0 Å². The topological polar surface area (TPSA) is 123 Å². The lowest BCUT2D eigenvalue weighted by molar-refractivity contribution is 0.0695. The van der Waals surface area contributed by atoms with Crippen molar-refractivity contribution in [2.45, 2.75) is 19.8 Å². The molecule has 0 spiro atoms. The molecular weight excluding hydrogens is 472 g/mol. The van der Waals surface area contributed by atoms with Gasteiger partial charge in [-0.05, 0) is 48.4 Å². The number of aromatic carboxylic acids is 1. The summed E-state index contributed by atoms with van der Waals surface area (Å²) in [5.74, 6) is 0.205. The number of carbonyl (C=O) groups excluding carboxylic acids is 1. The van der Waals surface area contributed by atoms with Crippen LogP contribution in [0, 0.1) is 0 Å². The Morgan fingerprint density at radius 2 is 1.73 bits per heavy atom. The van der Waals surface area contributed by atoms with Crippen LogP contribution in [0.15, 0.2) is 54.6 Å². The van der Waals surface area contributed by atoms with Crippen LogP contribution < -0.4 is 20.1 Å². The van der Waals surface area contributed by atoms with Gasteiger partial charge in [-0.3, -0.25) is 4.79 Å². The Labute approximate surface area is 214 Å². The van der Waals surface area contributed by atoms with Crippen LogP contribution in [0.5, 0.6) is 11.5 Å². The first-order valence-corrected chi connectivity index (χ1v) is 11.8. The van der Waals surface area contributed by atoms with Crippen molar-refractivity contribution in [3.8, 4) is 22.8 Å². The number of hydrogen-bond donors (Lipinski definition) is 3. The predicted molar refractivity (Wildman–Crippen MR) is 143 cm³/mol. The number of nitrogens with zero attached hydrogens (tertiary/aromatic N) is 2. The summed E-state index contributed by atoms with van der Waals surface area (Å²) < 4.78 is 10.9. The van der Waals surface area contributed by atoms with Crippen molar-refractivity contribution < 1.29 is 24.2 Å². The minimum Gasteiger partial charge on any atom is -0.493 e. The van der Waals surface area contributed by atoms with Crippen LogP contribution in [0.4, 0.5) is 11.6 Å². The average molecular weight is 501 g/mol. The van der Waals surface area contributed by atoms with Gasteiger partial charge in [-0.15, -0.1) is 0 Å². The normalized spacial score (nSPS) is 10.7. The fourth-order valence-electron chi connectivity index (χ4n) is 4.15. The Hall–Kier alpha value is -4.66. The molecule has 0 bridgehead atoms. The summed E-state index contributed by atoms with van der Waals surface area (Å²) in [7, 11) is 4.87. The van der Waals surface area contributed by atoms with Gasteiger partial charge in [-0.1, -0.05) is 25.5 Å². The van der Waals surface area contributed by atoms with Gasteiger partial charge in [0.2, 0.25) is 5.95 Å². The number of fused-ring (bicyclic) bond motifs is 1. The Bertz CT molecular complexity index is 1490. The first-order chi connectivity index (χ1) is 17.9. The number of rotatable bonds is 9. The molecule has 1 amide bonds. The van der Waals surface area contributed by atoms with E-state index in [1.54, 1.807) is 39.5 Å². The molecule has 0 fully saturated rings. The van der Waals surface area contributed by atoms with E-state index in [0.717, 1.165) is 17.4 Å². The number of carbonyl (C=O) groups is 2. The Kier molecular flexibility index (Phi) is 7.52. The van der Waals surface area contributed by atoms with Crippen LogP contribution in [0.1, 0.15) is 39.6 Å². The summed E-state index contributed by atoms with van der Waals surface area (Å²) in [5, 5.41) is 16.1.